The molecule has 1 heterocycles. The predicted molar refractivity (Wildman–Crippen MR) is 77.5 cm³/mol. The predicted octanol–water partition coefficient (Wildman–Crippen LogP) is 1.34. The summed E-state index contributed by atoms with van der Waals surface area (Å²) in [6, 6.07) is 8.52. The summed E-state index contributed by atoms with van der Waals surface area (Å²) in [5.41, 5.74) is 8.38. The molecule has 0 aromatic heterocycles. The van der Waals surface area contributed by atoms with Gasteiger partial charge >= 0.3 is 0 Å². The lowest BCUT2D eigenvalue weighted by atomic mass is 10.0. The highest BCUT2D eigenvalue weighted by molar-refractivity contribution is 5.81. The van der Waals surface area contributed by atoms with Gasteiger partial charge in [-0.3, -0.25) is 4.79 Å². The molecule has 1 amide bonds. The molecule has 1 fully saturated rings. The van der Waals surface area contributed by atoms with E-state index < -0.39 is 0 Å². The summed E-state index contributed by atoms with van der Waals surface area (Å²) in [6.07, 6.45) is 3.66. The van der Waals surface area contributed by atoms with Crippen molar-refractivity contribution in [3.05, 3.63) is 35.4 Å². The maximum Gasteiger partial charge on any atom is 0.249 e. The maximum atomic E-state index is 12.1. The molecule has 1 aliphatic carbocycles. The monoisotopic (exact) mass is 274 g/mol. The summed E-state index contributed by atoms with van der Waals surface area (Å²) >= 11 is 0. The van der Waals surface area contributed by atoms with Crippen LogP contribution in [0.2, 0.25) is 0 Å². The van der Waals surface area contributed by atoms with Gasteiger partial charge in [0.05, 0.1) is 6.10 Å². The van der Waals surface area contributed by atoms with E-state index in [2.05, 4.69) is 29.6 Å². The smallest absolute Gasteiger partial charge is 0.249 e. The molecule has 108 valence electrons. The van der Waals surface area contributed by atoms with Gasteiger partial charge in [0, 0.05) is 19.0 Å². The van der Waals surface area contributed by atoms with Crippen molar-refractivity contribution in [3.63, 3.8) is 0 Å². The average Bonchev–Trinajstić information content (AvgIpc) is 3.11. The quantitative estimate of drug-likeness (QED) is 0.871. The molecule has 1 aromatic rings. The van der Waals surface area contributed by atoms with Gasteiger partial charge in [0.2, 0.25) is 5.91 Å². The second-order valence-corrected chi connectivity index (χ2v) is 5.74. The van der Waals surface area contributed by atoms with Crippen LogP contribution in [0.3, 0.4) is 0 Å². The third-order valence-corrected chi connectivity index (χ3v) is 4.44. The van der Waals surface area contributed by atoms with E-state index in [0.29, 0.717) is 19.0 Å². The Morgan fingerprint density at radius 3 is 2.95 bits per heavy atom. The molecule has 0 spiro atoms. The van der Waals surface area contributed by atoms with Gasteiger partial charge in [-0.05, 0) is 36.8 Å². The Morgan fingerprint density at radius 1 is 1.30 bits per heavy atom. The average molecular weight is 274 g/mol. The second-order valence-electron chi connectivity index (χ2n) is 5.74. The van der Waals surface area contributed by atoms with E-state index in [1.807, 2.05) is 0 Å². The molecule has 3 rings (SSSR count). The van der Waals surface area contributed by atoms with E-state index in [0.717, 1.165) is 25.7 Å². The number of hydrogen-bond donors (Lipinski definition) is 2. The fourth-order valence-electron chi connectivity index (χ4n) is 3.27. The molecule has 2 aliphatic rings. The Balaban J connectivity index is 1.52. The van der Waals surface area contributed by atoms with Crippen molar-refractivity contribution in [2.75, 3.05) is 13.1 Å². The first-order chi connectivity index (χ1) is 9.78. The molecule has 0 saturated carbocycles. The molecule has 0 bridgehead atoms. The molecule has 3 atom stereocenters. The van der Waals surface area contributed by atoms with Gasteiger partial charge in [-0.1, -0.05) is 24.3 Å². The molecule has 1 aliphatic heterocycles. The maximum absolute atomic E-state index is 12.1. The summed E-state index contributed by atoms with van der Waals surface area (Å²) in [6.45, 7) is 1.21. The number of carbonyl (C=O) groups excluding carboxylic acids is 1. The van der Waals surface area contributed by atoms with Gasteiger partial charge in [-0.2, -0.15) is 0 Å². The van der Waals surface area contributed by atoms with Crippen LogP contribution in [0, 0.1) is 0 Å². The fraction of sp³-hybridized carbons (Fsp3) is 0.562. The third-order valence-electron chi connectivity index (χ3n) is 4.44. The Kier molecular flexibility index (Phi) is 4.03. The van der Waals surface area contributed by atoms with Gasteiger partial charge in [-0.25, -0.2) is 0 Å². The normalized spacial score (nSPS) is 28.4. The highest BCUT2D eigenvalue weighted by Gasteiger charge is 2.30. The molecule has 1 saturated heterocycles. The second kappa shape index (κ2) is 5.94. The van der Waals surface area contributed by atoms with Gasteiger partial charge in [0.15, 0.2) is 0 Å². The first kappa shape index (κ1) is 13.6. The van der Waals surface area contributed by atoms with Crippen molar-refractivity contribution < 1.29 is 9.53 Å². The van der Waals surface area contributed by atoms with Crippen molar-refractivity contribution >= 4 is 5.91 Å². The number of carbonyl (C=O) groups is 1. The number of ether oxygens (including phenoxy) is 1. The van der Waals surface area contributed by atoms with E-state index in [-0.39, 0.29) is 18.1 Å². The van der Waals surface area contributed by atoms with E-state index in [1.54, 1.807) is 0 Å². The number of amides is 1. The summed E-state index contributed by atoms with van der Waals surface area (Å²) in [7, 11) is 0. The third kappa shape index (κ3) is 2.72. The van der Waals surface area contributed by atoms with Crippen molar-refractivity contribution in [2.24, 2.45) is 5.73 Å². The van der Waals surface area contributed by atoms with E-state index in [4.69, 9.17) is 10.5 Å². The molecular weight excluding hydrogens is 252 g/mol. The van der Waals surface area contributed by atoms with E-state index in [9.17, 15) is 4.79 Å². The van der Waals surface area contributed by atoms with Crippen molar-refractivity contribution in [1.82, 2.24) is 5.32 Å². The zero-order valence-corrected chi connectivity index (χ0v) is 11.7. The SMILES string of the molecule is NC[C@H]1CC[C@@H](C(=O)NCC2CCc3ccccc32)O1. The minimum Gasteiger partial charge on any atom is -0.364 e. The topological polar surface area (TPSA) is 64.4 Å². The Labute approximate surface area is 119 Å². The van der Waals surface area contributed by atoms with Gasteiger partial charge in [0.1, 0.15) is 6.10 Å². The van der Waals surface area contributed by atoms with Crippen LogP contribution >= 0.6 is 0 Å². The van der Waals surface area contributed by atoms with Crippen LogP contribution in [0.1, 0.15) is 36.3 Å². The number of fused-ring (bicyclic) bond motifs is 1. The minimum atomic E-state index is -0.305. The van der Waals surface area contributed by atoms with E-state index >= 15 is 0 Å². The molecular formula is C16H22N2O2. The molecule has 0 radical (unpaired) electrons. The Morgan fingerprint density at radius 2 is 2.15 bits per heavy atom. The van der Waals surface area contributed by atoms with Crippen molar-refractivity contribution in [2.45, 2.75) is 43.8 Å². The van der Waals surface area contributed by atoms with Crippen molar-refractivity contribution in [1.29, 1.82) is 0 Å². The zero-order chi connectivity index (χ0) is 13.9. The van der Waals surface area contributed by atoms with Gasteiger partial charge < -0.3 is 15.8 Å². The van der Waals surface area contributed by atoms with Crippen molar-refractivity contribution in [3.8, 4) is 0 Å². The number of aryl methyl sites for hydroxylation is 1. The van der Waals surface area contributed by atoms with Gasteiger partial charge in [-0.15, -0.1) is 0 Å². The molecule has 4 heteroatoms. The van der Waals surface area contributed by atoms with E-state index in [1.165, 1.54) is 11.1 Å². The first-order valence-electron chi connectivity index (χ1n) is 7.49. The standard InChI is InChI=1S/C16H22N2O2/c17-9-13-7-8-15(20-13)16(19)18-10-12-6-5-11-3-1-2-4-14(11)12/h1-4,12-13,15H,5-10,17H2,(H,18,19)/t12?,13-,15+/m1/s1. The molecule has 3 N–H and O–H groups in total. The molecule has 4 nitrogen and oxygen atoms in total. The van der Waals surface area contributed by atoms with Crippen LogP contribution in [0.4, 0.5) is 0 Å². The van der Waals surface area contributed by atoms with Crippen LogP contribution in [0.5, 0.6) is 0 Å². The fourth-order valence-corrected chi connectivity index (χ4v) is 3.27. The summed E-state index contributed by atoms with van der Waals surface area (Å²) < 4.78 is 5.62. The van der Waals surface area contributed by atoms with Crippen LogP contribution < -0.4 is 11.1 Å². The van der Waals surface area contributed by atoms with Crippen LogP contribution in [-0.4, -0.2) is 31.2 Å². The van der Waals surface area contributed by atoms with Crippen LogP contribution in [0.15, 0.2) is 24.3 Å². The first-order valence-corrected chi connectivity index (χ1v) is 7.49. The highest BCUT2D eigenvalue weighted by Crippen LogP contribution is 2.32. The lowest BCUT2D eigenvalue weighted by molar-refractivity contribution is -0.131. The van der Waals surface area contributed by atoms with Gasteiger partial charge in [0.25, 0.3) is 0 Å². The number of benzene rings is 1. The zero-order valence-electron chi connectivity index (χ0n) is 11.7. The molecule has 1 aromatic carbocycles. The Hall–Kier alpha value is -1.39. The summed E-state index contributed by atoms with van der Waals surface area (Å²) in [4.78, 5) is 12.1. The minimum absolute atomic E-state index is 0.0188. The number of nitrogens with two attached hydrogens (primary N) is 1. The highest BCUT2D eigenvalue weighted by atomic mass is 16.5. The largest absolute Gasteiger partial charge is 0.364 e. The van der Waals surface area contributed by atoms with Crippen LogP contribution in [-0.2, 0) is 16.0 Å². The molecule has 20 heavy (non-hydrogen) atoms. The number of rotatable bonds is 4. The summed E-state index contributed by atoms with van der Waals surface area (Å²) in [5, 5.41) is 3.05. The molecule has 1 unspecified atom stereocenters. The number of hydrogen-bond acceptors (Lipinski definition) is 3. The lowest BCUT2D eigenvalue weighted by Crippen LogP contribution is -2.37. The lowest BCUT2D eigenvalue weighted by Gasteiger charge is -2.16. The Bertz CT molecular complexity index is 489. The number of nitrogens with one attached hydrogen (secondary N) is 1. The van der Waals surface area contributed by atoms with Crippen LogP contribution in [0.25, 0.3) is 0 Å². The summed E-state index contributed by atoms with van der Waals surface area (Å²) in [5.74, 6) is 0.465.